The highest BCUT2D eigenvalue weighted by Crippen LogP contribution is 2.07. The lowest BCUT2D eigenvalue weighted by Crippen LogP contribution is -2.42. The average Bonchev–Trinajstić information content (AvgIpc) is 2.88. The van der Waals surface area contributed by atoms with Crippen molar-refractivity contribution in [2.45, 2.75) is 13.0 Å². The van der Waals surface area contributed by atoms with Crippen LogP contribution in [0.3, 0.4) is 0 Å². The Morgan fingerprint density at radius 3 is 2.95 bits per heavy atom. The van der Waals surface area contributed by atoms with Gasteiger partial charge in [0.05, 0.1) is 13.0 Å². The van der Waals surface area contributed by atoms with Gasteiger partial charge in [0.2, 0.25) is 5.89 Å². The predicted octanol–water partition coefficient (Wildman–Crippen LogP) is 0.461. The maximum atomic E-state index is 5.29. The number of nitrogens with zero attached hydrogens (tertiary/aromatic N) is 4. The van der Waals surface area contributed by atoms with Crippen LogP contribution in [0.5, 0.6) is 0 Å². The van der Waals surface area contributed by atoms with Gasteiger partial charge in [-0.3, -0.25) is 9.88 Å². The van der Waals surface area contributed by atoms with Gasteiger partial charge >= 0.3 is 0 Å². The van der Waals surface area contributed by atoms with Gasteiger partial charge in [0, 0.05) is 38.1 Å². The Hall–Kier alpha value is -1.79. The van der Waals surface area contributed by atoms with Crippen molar-refractivity contribution in [3.63, 3.8) is 0 Å². The molecule has 2 aromatic heterocycles. The van der Waals surface area contributed by atoms with E-state index < -0.39 is 0 Å². The summed E-state index contributed by atoms with van der Waals surface area (Å²) in [5.74, 6) is 1.39. The molecule has 0 atom stereocenters. The number of piperazine rings is 1. The van der Waals surface area contributed by atoms with Gasteiger partial charge in [0.15, 0.2) is 5.82 Å². The van der Waals surface area contributed by atoms with Crippen molar-refractivity contribution >= 4 is 0 Å². The summed E-state index contributed by atoms with van der Waals surface area (Å²) in [6.07, 6.45) is 2.39. The zero-order valence-electron chi connectivity index (χ0n) is 10.7. The summed E-state index contributed by atoms with van der Waals surface area (Å²) < 4.78 is 5.29. The van der Waals surface area contributed by atoms with Crippen LogP contribution in [0, 0.1) is 0 Å². The normalized spacial score (nSPS) is 16.6. The van der Waals surface area contributed by atoms with Crippen molar-refractivity contribution in [3.05, 3.63) is 41.8 Å². The third-order valence-electron chi connectivity index (χ3n) is 3.14. The summed E-state index contributed by atoms with van der Waals surface area (Å²) in [7, 11) is 0. The Kier molecular flexibility index (Phi) is 3.81. The molecule has 6 nitrogen and oxygen atoms in total. The van der Waals surface area contributed by atoms with E-state index in [4.69, 9.17) is 4.52 Å². The molecular formula is C13H17N5O. The minimum atomic E-state index is 0.617. The topological polar surface area (TPSA) is 67.1 Å². The lowest BCUT2D eigenvalue weighted by atomic mass is 10.2. The van der Waals surface area contributed by atoms with Crippen molar-refractivity contribution < 1.29 is 4.52 Å². The first kappa shape index (κ1) is 12.3. The van der Waals surface area contributed by atoms with Crippen LogP contribution in [0.25, 0.3) is 0 Å². The Bertz CT molecular complexity index is 507. The first-order chi connectivity index (χ1) is 9.40. The third kappa shape index (κ3) is 3.36. The molecule has 1 aliphatic rings. The molecule has 1 N–H and O–H groups in total. The van der Waals surface area contributed by atoms with Crippen LogP contribution in [0.2, 0.25) is 0 Å². The zero-order chi connectivity index (χ0) is 12.9. The van der Waals surface area contributed by atoms with Crippen molar-refractivity contribution in [2.24, 2.45) is 0 Å². The van der Waals surface area contributed by atoms with Gasteiger partial charge in [-0.25, -0.2) is 0 Å². The second-order valence-corrected chi connectivity index (χ2v) is 4.63. The van der Waals surface area contributed by atoms with E-state index in [2.05, 4.69) is 25.3 Å². The van der Waals surface area contributed by atoms with Gasteiger partial charge in [-0.15, -0.1) is 0 Å². The molecule has 0 aromatic carbocycles. The van der Waals surface area contributed by atoms with Crippen molar-refractivity contribution in [1.29, 1.82) is 0 Å². The lowest BCUT2D eigenvalue weighted by Gasteiger charge is -2.25. The van der Waals surface area contributed by atoms with Gasteiger partial charge in [0.25, 0.3) is 0 Å². The number of aromatic nitrogens is 3. The SMILES string of the molecule is c1ccc(Cc2noc(CN3CCNCC3)n2)nc1. The third-order valence-corrected chi connectivity index (χ3v) is 3.14. The fraction of sp³-hybridized carbons (Fsp3) is 0.462. The highest BCUT2D eigenvalue weighted by atomic mass is 16.5. The molecule has 3 rings (SSSR count). The molecule has 0 radical (unpaired) electrons. The number of nitrogens with one attached hydrogen (secondary N) is 1. The smallest absolute Gasteiger partial charge is 0.240 e. The molecule has 0 spiro atoms. The summed E-state index contributed by atoms with van der Waals surface area (Å²) in [5.41, 5.74) is 0.956. The molecule has 1 saturated heterocycles. The second kappa shape index (κ2) is 5.90. The largest absolute Gasteiger partial charge is 0.338 e. The molecule has 0 aliphatic carbocycles. The Morgan fingerprint density at radius 1 is 1.26 bits per heavy atom. The Balaban J connectivity index is 1.59. The first-order valence-corrected chi connectivity index (χ1v) is 6.54. The molecular weight excluding hydrogens is 242 g/mol. The van der Waals surface area contributed by atoms with Gasteiger partial charge in [-0.1, -0.05) is 11.2 Å². The minimum absolute atomic E-state index is 0.617. The molecule has 2 aromatic rings. The molecule has 0 saturated carbocycles. The summed E-state index contributed by atoms with van der Waals surface area (Å²) in [6, 6.07) is 5.83. The number of hydrogen-bond acceptors (Lipinski definition) is 6. The van der Waals surface area contributed by atoms with Crippen LogP contribution in [0.4, 0.5) is 0 Å². The maximum Gasteiger partial charge on any atom is 0.240 e. The second-order valence-electron chi connectivity index (χ2n) is 4.63. The predicted molar refractivity (Wildman–Crippen MR) is 69.5 cm³/mol. The first-order valence-electron chi connectivity index (χ1n) is 6.54. The van der Waals surface area contributed by atoms with Crippen LogP contribution in [-0.2, 0) is 13.0 Å². The fourth-order valence-corrected chi connectivity index (χ4v) is 2.15. The quantitative estimate of drug-likeness (QED) is 0.860. The van der Waals surface area contributed by atoms with Crippen LogP contribution in [0.1, 0.15) is 17.4 Å². The van der Waals surface area contributed by atoms with Gasteiger partial charge in [-0.05, 0) is 12.1 Å². The molecule has 6 heteroatoms. The molecule has 0 amide bonds. The zero-order valence-corrected chi connectivity index (χ0v) is 10.7. The highest BCUT2D eigenvalue weighted by molar-refractivity contribution is 5.09. The van der Waals surface area contributed by atoms with Gasteiger partial charge in [-0.2, -0.15) is 4.98 Å². The monoisotopic (exact) mass is 259 g/mol. The molecule has 0 unspecified atom stereocenters. The fourth-order valence-electron chi connectivity index (χ4n) is 2.15. The lowest BCUT2D eigenvalue weighted by molar-refractivity contribution is 0.203. The molecule has 1 fully saturated rings. The van der Waals surface area contributed by atoms with Crippen LogP contribution >= 0.6 is 0 Å². The van der Waals surface area contributed by atoms with Crippen LogP contribution in [0.15, 0.2) is 28.9 Å². The molecule has 3 heterocycles. The van der Waals surface area contributed by atoms with Crippen LogP contribution < -0.4 is 5.32 Å². The highest BCUT2D eigenvalue weighted by Gasteiger charge is 2.14. The standard InChI is InChI=1S/C13H17N5O/c1-2-4-15-11(3-1)9-12-16-13(19-17-12)10-18-7-5-14-6-8-18/h1-4,14H,5-10H2. The Labute approximate surface area is 111 Å². The molecule has 100 valence electrons. The number of rotatable bonds is 4. The molecule has 1 aliphatic heterocycles. The van der Waals surface area contributed by atoms with E-state index in [-0.39, 0.29) is 0 Å². The van der Waals surface area contributed by atoms with Crippen molar-refractivity contribution in [2.75, 3.05) is 26.2 Å². The summed E-state index contributed by atoms with van der Waals surface area (Å²) >= 11 is 0. The molecule has 0 bridgehead atoms. The van der Waals surface area contributed by atoms with E-state index in [0.29, 0.717) is 18.1 Å². The van der Waals surface area contributed by atoms with Gasteiger partial charge in [0.1, 0.15) is 0 Å². The number of pyridine rings is 1. The maximum absolute atomic E-state index is 5.29. The summed E-state index contributed by atoms with van der Waals surface area (Å²) in [5, 5.41) is 7.33. The minimum Gasteiger partial charge on any atom is -0.338 e. The molecule has 19 heavy (non-hydrogen) atoms. The number of hydrogen-bond donors (Lipinski definition) is 1. The van der Waals surface area contributed by atoms with E-state index in [9.17, 15) is 0 Å². The van der Waals surface area contributed by atoms with Crippen molar-refractivity contribution in [1.82, 2.24) is 25.3 Å². The summed E-state index contributed by atoms with van der Waals surface area (Å²) in [4.78, 5) is 11.0. The van der Waals surface area contributed by atoms with Crippen molar-refractivity contribution in [3.8, 4) is 0 Å². The Morgan fingerprint density at radius 2 is 2.16 bits per heavy atom. The van der Waals surface area contributed by atoms with E-state index in [1.807, 2.05) is 18.2 Å². The van der Waals surface area contributed by atoms with Gasteiger partial charge < -0.3 is 9.84 Å². The van der Waals surface area contributed by atoms with E-state index in [1.165, 1.54) is 0 Å². The average molecular weight is 259 g/mol. The summed E-state index contributed by atoms with van der Waals surface area (Å²) in [6.45, 7) is 4.83. The van der Waals surface area contributed by atoms with E-state index >= 15 is 0 Å². The van der Waals surface area contributed by atoms with Crippen LogP contribution in [-0.4, -0.2) is 46.2 Å². The van der Waals surface area contributed by atoms with E-state index in [0.717, 1.165) is 38.4 Å². The van der Waals surface area contributed by atoms with E-state index in [1.54, 1.807) is 6.20 Å².